The van der Waals surface area contributed by atoms with Gasteiger partial charge in [0.25, 0.3) is 0 Å². The molecule has 84 valence electrons. The van der Waals surface area contributed by atoms with Crippen LogP contribution in [0.1, 0.15) is 21.4 Å². The van der Waals surface area contributed by atoms with Crippen LogP contribution in [0.4, 0.5) is 0 Å². The van der Waals surface area contributed by atoms with Crippen LogP contribution in [0.5, 0.6) is 0 Å². The molecule has 1 aromatic heterocycles. The standard InChI is InChI=1S/C12H9Br2ClS/c1-7-6-8(2-3-9(7)13)12(15)10-4-5-11(14)16-10/h2-6,12H,1H3. The van der Waals surface area contributed by atoms with Crippen LogP contribution in [0.2, 0.25) is 0 Å². The number of aryl methyl sites for hydroxylation is 1. The maximum Gasteiger partial charge on any atom is 0.0928 e. The lowest BCUT2D eigenvalue weighted by Crippen LogP contribution is -1.91. The van der Waals surface area contributed by atoms with E-state index in [-0.39, 0.29) is 5.38 Å². The van der Waals surface area contributed by atoms with Gasteiger partial charge in [0.2, 0.25) is 0 Å². The number of benzene rings is 1. The van der Waals surface area contributed by atoms with Crippen molar-refractivity contribution in [1.82, 2.24) is 0 Å². The Labute approximate surface area is 121 Å². The molecule has 2 aromatic rings. The van der Waals surface area contributed by atoms with Crippen LogP contribution in [-0.4, -0.2) is 0 Å². The third-order valence-corrected chi connectivity index (χ3v) is 5.51. The van der Waals surface area contributed by atoms with Gasteiger partial charge in [0.1, 0.15) is 0 Å². The van der Waals surface area contributed by atoms with E-state index in [2.05, 4.69) is 57.0 Å². The lowest BCUT2D eigenvalue weighted by Gasteiger charge is -2.09. The molecule has 0 fully saturated rings. The summed E-state index contributed by atoms with van der Waals surface area (Å²) in [6.07, 6.45) is 0. The molecule has 0 aliphatic rings. The maximum absolute atomic E-state index is 6.44. The van der Waals surface area contributed by atoms with Crippen LogP contribution in [0.15, 0.2) is 38.6 Å². The quantitative estimate of drug-likeness (QED) is 0.568. The van der Waals surface area contributed by atoms with Crippen molar-refractivity contribution in [3.63, 3.8) is 0 Å². The fourth-order valence-electron chi connectivity index (χ4n) is 1.45. The SMILES string of the molecule is Cc1cc(C(Cl)c2ccc(Br)s2)ccc1Br. The van der Waals surface area contributed by atoms with E-state index in [9.17, 15) is 0 Å². The number of hydrogen-bond acceptors (Lipinski definition) is 1. The molecule has 0 bridgehead atoms. The maximum atomic E-state index is 6.44. The predicted octanol–water partition coefficient (Wildman–Crippen LogP) is 5.91. The molecule has 1 unspecified atom stereocenters. The Morgan fingerprint density at radius 1 is 1.19 bits per heavy atom. The summed E-state index contributed by atoms with van der Waals surface area (Å²) in [7, 11) is 0. The van der Waals surface area contributed by atoms with E-state index in [1.54, 1.807) is 11.3 Å². The van der Waals surface area contributed by atoms with Crippen LogP contribution in [-0.2, 0) is 0 Å². The summed E-state index contributed by atoms with van der Waals surface area (Å²) in [5.74, 6) is 0. The molecular formula is C12H9Br2ClS. The first kappa shape index (κ1) is 12.6. The minimum Gasteiger partial charge on any atom is -0.131 e. The number of alkyl halides is 1. The molecule has 4 heteroatoms. The number of thiophene rings is 1. The summed E-state index contributed by atoms with van der Waals surface area (Å²) in [4.78, 5) is 1.16. The van der Waals surface area contributed by atoms with Crippen LogP contribution < -0.4 is 0 Å². The van der Waals surface area contributed by atoms with E-state index < -0.39 is 0 Å². The Kier molecular flexibility index (Phi) is 4.11. The fourth-order valence-corrected chi connectivity index (χ4v) is 3.47. The smallest absolute Gasteiger partial charge is 0.0928 e. The minimum absolute atomic E-state index is 0.0666. The van der Waals surface area contributed by atoms with Crippen molar-refractivity contribution in [1.29, 1.82) is 0 Å². The molecule has 16 heavy (non-hydrogen) atoms. The molecule has 1 heterocycles. The van der Waals surface area contributed by atoms with Crippen molar-refractivity contribution in [2.24, 2.45) is 0 Å². The number of halogens is 3. The van der Waals surface area contributed by atoms with Gasteiger partial charge in [-0.2, -0.15) is 0 Å². The second kappa shape index (κ2) is 5.21. The zero-order valence-corrected chi connectivity index (χ0v) is 13.3. The Morgan fingerprint density at radius 3 is 2.50 bits per heavy atom. The van der Waals surface area contributed by atoms with Gasteiger partial charge in [0.05, 0.1) is 9.16 Å². The molecule has 1 atom stereocenters. The van der Waals surface area contributed by atoms with Gasteiger partial charge in [-0.3, -0.25) is 0 Å². The molecule has 0 N–H and O–H groups in total. The molecule has 0 radical (unpaired) electrons. The van der Waals surface area contributed by atoms with Crippen molar-refractivity contribution >= 4 is 54.8 Å². The molecule has 0 nitrogen and oxygen atoms in total. The fraction of sp³-hybridized carbons (Fsp3) is 0.167. The van der Waals surface area contributed by atoms with E-state index in [4.69, 9.17) is 11.6 Å². The van der Waals surface area contributed by atoms with Crippen molar-refractivity contribution in [3.8, 4) is 0 Å². The Bertz CT molecular complexity index is 507. The first-order valence-electron chi connectivity index (χ1n) is 4.73. The van der Waals surface area contributed by atoms with E-state index in [1.165, 1.54) is 5.56 Å². The van der Waals surface area contributed by atoms with Crippen LogP contribution in [0.25, 0.3) is 0 Å². The second-order valence-electron chi connectivity index (χ2n) is 3.51. The normalized spacial score (nSPS) is 12.8. The van der Waals surface area contributed by atoms with Gasteiger partial charge in [-0.05, 0) is 52.2 Å². The predicted molar refractivity (Wildman–Crippen MR) is 78.6 cm³/mol. The lowest BCUT2D eigenvalue weighted by molar-refractivity contribution is 1.17. The first-order valence-corrected chi connectivity index (χ1v) is 7.57. The second-order valence-corrected chi connectivity index (χ2v) is 7.30. The molecule has 0 spiro atoms. The summed E-state index contributed by atoms with van der Waals surface area (Å²) < 4.78 is 2.23. The monoisotopic (exact) mass is 378 g/mol. The van der Waals surface area contributed by atoms with Gasteiger partial charge in [0, 0.05) is 9.35 Å². The molecule has 1 aromatic carbocycles. The highest BCUT2D eigenvalue weighted by atomic mass is 79.9. The average Bonchev–Trinajstić information content (AvgIpc) is 2.68. The van der Waals surface area contributed by atoms with Gasteiger partial charge in [-0.25, -0.2) is 0 Å². The highest BCUT2D eigenvalue weighted by Crippen LogP contribution is 2.36. The van der Waals surface area contributed by atoms with Crippen molar-refractivity contribution < 1.29 is 0 Å². The van der Waals surface area contributed by atoms with Gasteiger partial charge >= 0.3 is 0 Å². The Balaban J connectivity index is 2.33. The van der Waals surface area contributed by atoms with Gasteiger partial charge in [-0.1, -0.05) is 28.1 Å². The van der Waals surface area contributed by atoms with Crippen LogP contribution in [0, 0.1) is 6.92 Å². The third kappa shape index (κ3) is 2.70. The molecule has 0 saturated carbocycles. The Hall–Kier alpha value is 0.170. The molecular weight excluding hydrogens is 371 g/mol. The molecule has 2 rings (SSSR count). The van der Waals surface area contributed by atoms with Gasteiger partial charge in [-0.15, -0.1) is 22.9 Å². The zero-order valence-electron chi connectivity index (χ0n) is 8.51. The summed E-state index contributed by atoms with van der Waals surface area (Å²) in [6, 6.07) is 10.3. The van der Waals surface area contributed by atoms with Gasteiger partial charge in [0.15, 0.2) is 0 Å². The number of hydrogen-bond donors (Lipinski definition) is 0. The summed E-state index contributed by atoms with van der Waals surface area (Å²) in [5, 5.41) is -0.0666. The largest absolute Gasteiger partial charge is 0.131 e. The third-order valence-electron chi connectivity index (χ3n) is 2.32. The summed E-state index contributed by atoms with van der Waals surface area (Å²) in [6.45, 7) is 2.07. The molecule has 0 aliphatic carbocycles. The molecule has 0 amide bonds. The summed E-state index contributed by atoms with van der Waals surface area (Å²) in [5.41, 5.74) is 2.34. The van der Waals surface area contributed by atoms with E-state index in [0.29, 0.717) is 0 Å². The van der Waals surface area contributed by atoms with E-state index in [0.717, 1.165) is 18.7 Å². The zero-order chi connectivity index (χ0) is 11.7. The number of rotatable bonds is 2. The highest BCUT2D eigenvalue weighted by Gasteiger charge is 2.13. The summed E-state index contributed by atoms with van der Waals surface area (Å²) >= 11 is 15.1. The van der Waals surface area contributed by atoms with Crippen molar-refractivity contribution in [2.75, 3.05) is 0 Å². The molecule has 0 saturated heterocycles. The topological polar surface area (TPSA) is 0 Å². The average molecular weight is 381 g/mol. The van der Waals surface area contributed by atoms with Crippen LogP contribution >= 0.6 is 54.8 Å². The highest BCUT2D eigenvalue weighted by molar-refractivity contribution is 9.11. The van der Waals surface area contributed by atoms with E-state index in [1.807, 2.05) is 12.1 Å². The molecule has 0 aliphatic heterocycles. The van der Waals surface area contributed by atoms with Crippen molar-refractivity contribution in [3.05, 3.63) is 54.6 Å². The lowest BCUT2D eigenvalue weighted by atomic mass is 10.1. The minimum atomic E-state index is -0.0666. The van der Waals surface area contributed by atoms with Crippen LogP contribution in [0.3, 0.4) is 0 Å². The Morgan fingerprint density at radius 2 is 1.94 bits per heavy atom. The van der Waals surface area contributed by atoms with Gasteiger partial charge < -0.3 is 0 Å². The van der Waals surface area contributed by atoms with Crippen molar-refractivity contribution in [2.45, 2.75) is 12.3 Å². The first-order chi connectivity index (χ1) is 7.58. The van der Waals surface area contributed by atoms with E-state index >= 15 is 0 Å².